The van der Waals surface area contributed by atoms with Crippen LogP contribution in [0.5, 0.6) is 0 Å². The Balaban J connectivity index is 2.22. The summed E-state index contributed by atoms with van der Waals surface area (Å²) >= 11 is 1.67. The van der Waals surface area contributed by atoms with Gasteiger partial charge < -0.3 is 0 Å². The molecule has 0 aliphatic heterocycles. The second kappa shape index (κ2) is 3.42. The second-order valence-electron chi connectivity index (χ2n) is 3.98. The molecule has 0 spiro atoms. The monoisotopic (exact) mass is 217 g/mol. The van der Waals surface area contributed by atoms with Gasteiger partial charge in [-0.25, -0.2) is 4.98 Å². The molecule has 1 saturated carbocycles. The van der Waals surface area contributed by atoms with Crippen LogP contribution in [-0.4, -0.2) is 4.98 Å². The summed E-state index contributed by atoms with van der Waals surface area (Å²) in [5.74, 6) is 0.548. The first kappa shape index (κ1) is 9.04. The van der Waals surface area contributed by atoms with Gasteiger partial charge in [0.05, 0.1) is 5.39 Å². The van der Waals surface area contributed by atoms with Crippen LogP contribution in [0.2, 0.25) is 0 Å². The number of hydrogen-bond acceptors (Lipinski definition) is 3. The van der Waals surface area contributed by atoms with Crippen LogP contribution in [0.3, 0.4) is 0 Å². The van der Waals surface area contributed by atoms with E-state index in [1.54, 1.807) is 11.3 Å². The Morgan fingerprint density at radius 1 is 1.27 bits per heavy atom. The van der Waals surface area contributed by atoms with Gasteiger partial charge in [0.1, 0.15) is 5.01 Å². The lowest BCUT2D eigenvalue weighted by molar-refractivity contribution is 0.417. The second-order valence-corrected chi connectivity index (χ2v) is 5.04. The predicted molar refractivity (Wildman–Crippen MR) is 62.5 cm³/mol. The van der Waals surface area contributed by atoms with Crippen molar-refractivity contribution in [1.82, 2.24) is 4.98 Å². The minimum atomic E-state index is -0.0637. The van der Waals surface area contributed by atoms with Crippen LogP contribution in [0, 0.1) is 0 Å². The summed E-state index contributed by atoms with van der Waals surface area (Å²) in [6.45, 7) is 0. The minimum absolute atomic E-state index is 0.0637. The molecule has 1 aromatic carbocycles. The highest BCUT2D eigenvalue weighted by atomic mass is 32.1. The Morgan fingerprint density at radius 3 is 2.80 bits per heavy atom. The van der Waals surface area contributed by atoms with E-state index in [4.69, 9.17) is 0 Å². The molecular formula is C12H11NOS. The molecule has 0 saturated heterocycles. The number of aromatic nitrogens is 1. The average molecular weight is 217 g/mol. The highest BCUT2D eigenvalue weighted by Crippen LogP contribution is 2.37. The maximum atomic E-state index is 11.7. The Morgan fingerprint density at radius 2 is 2.07 bits per heavy atom. The molecule has 1 heterocycles. The summed E-state index contributed by atoms with van der Waals surface area (Å²) in [5, 5.41) is 1.79. The van der Waals surface area contributed by atoms with Crippen LogP contribution in [-0.2, 0) is 0 Å². The van der Waals surface area contributed by atoms with E-state index in [0.717, 1.165) is 15.1 Å². The molecule has 15 heavy (non-hydrogen) atoms. The molecule has 0 amide bonds. The lowest BCUT2D eigenvalue weighted by Crippen LogP contribution is -2.15. The fourth-order valence-electron chi connectivity index (χ4n) is 1.86. The zero-order chi connectivity index (χ0) is 10.3. The van der Waals surface area contributed by atoms with Crippen molar-refractivity contribution in [2.75, 3.05) is 0 Å². The zero-order valence-electron chi connectivity index (χ0n) is 8.27. The number of fused-ring (bicyclic) bond motifs is 1. The van der Waals surface area contributed by atoms with E-state index >= 15 is 0 Å². The molecule has 0 N–H and O–H groups in total. The molecule has 1 aliphatic carbocycles. The molecule has 1 aromatic heterocycles. The first-order valence-electron chi connectivity index (χ1n) is 5.24. The summed E-state index contributed by atoms with van der Waals surface area (Å²) < 4.78 is 1.07. The fraction of sp³-hybridized carbons (Fsp3) is 0.333. The summed E-state index contributed by atoms with van der Waals surface area (Å²) in [5.41, 5.74) is -0.0637. The van der Waals surface area contributed by atoms with E-state index in [2.05, 4.69) is 4.98 Å². The fourth-order valence-corrected chi connectivity index (χ4v) is 3.03. The Labute approximate surface area is 91.6 Å². The van der Waals surface area contributed by atoms with Crippen molar-refractivity contribution < 1.29 is 0 Å². The molecule has 2 nitrogen and oxygen atoms in total. The Bertz CT molecular complexity index is 557. The molecular weight excluding hydrogens is 206 g/mol. The van der Waals surface area contributed by atoms with Gasteiger partial charge in [0.25, 0.3) is 5.56 Å². The number of benzene rings is 1. The molecule has 0 bridgehead atoms. The maximum absolute atomic E-state index is 11.7. The highest BCUT2D eigenvalue weighted by molar-refractivity contribution is 7.18. The summed E-state index contributed by atoms with van der Waals surface area (Å²) in [6.07, 6.45) is 3.67. The van der Waals surface area contributed by atoms with Crippen molar-refractivity contribution in [3.05, 3.63) is 39.6 Å². The zero-order valence-corrected chi connectivity index (χ0v) is 9.09. The maximum Gasteiger partial charge on any atom is 0.279 e. The molecule has 1 fully saturated rings. The van der Waals surface area contributed by atoms with Crippen LogP contribution in [0.1, 0.15) is 30.2 Å². The van der Waals surface area contributed by atoms with Gasteiger partial charge in [0, 0.05) is 10.6 Å². The minimum Gasteiger partial charge on any atom is -0.267 e. The van der Waals surface area contributed by atoms with E-state index in [1.807, 2.05) is 24.3 Å². The van der Waals surface area contributed by atoms with Gasteiger partial charge in [-0.3, -0.25) is 4.79 Å². The smallest absolute Gasteiger partial charge is 0.267 e. The quantitative estimate of drug-likeness (QED) is 0.735. The van der Waals surface area contributed by atoms with Gasteiger partial charge in [0.2, 0.25) is 0 Å². The Kier molecular flexibility index (Phi) is 2.06. The molecule has 3 heteroatoms. The first-order chi connectivity index (χ1) is 7.34. The van der Waals surface area contributed by atoms with Gasteiger partial charge in [0.15, 0.2) is 0 Å². The Hall–Kier alpha value is -1.22. The summed E-state index contributed by atoms with van der Waals surface area (Å²) in [7, 11) is 0. The largest absolute Gasteiger partial charge is 0.279 e. The van der Waals surface area contributed by atoms with Crippen LogP contribution < -0.4 is 5.56 Å². The van der Waals surface area contributed by atoms with E-state index < -0.39 is 0 Å². The van der Waals surface area contributed by atoms with Crippen molar-refractivity contribution in [2.45, 2.75) is 25.2 Å². The third kappa shape index (κ3) is 1.47. The SMILES string of the molecule is O=c1nc(C2CCC2)sc2ccccc12. The van der Waals surface area contributed by atoms with Crippen molar-refractivity contribution >= 4 is 21.4 Å². The van der Waals surface area contributed by atoms with Crippen molar-refractivity contribution in [1.29, 1.82) is 0 Å². The van der Waals surface area contributed by atoms with Crippen molar-refractivity contribution in [3.63, 3.8) is 0 Å². The van der Waals surface area contributed by atoms with Gasteiger partial charge in [-0.1, -0.05) is 18.6 Å². The lowest BCUT2D eigenvalue weighted by Gasteiger charge is -2.23. The molecule has 0 atom stereocenters. The summed E-state index contributed by atoms with van der Waals surface area (Å²) in [4.78, 5) is 15.9. The van der Waals surface area contributed by atoms with Crippen LogP contribution in [0.15, 0.2) is 29.1 Å². The molecule has 1 aliphatic rings. The lowest BCUT2D eigenvalue weighted by atomic mass is 9.86. The highest BCUT2D eigenvalue weighted by Gasteiger charge is 2.22. The van der Waals surface area contributed by atoms with E-state index in [1.165, 1.54) is 19.3 Å². The van der Waals surface area contributed by atoms with Crippen molar-refractivity contribution in [2.24, 2.45) is 0 Å². The van der Waals surface area contributed by atoms with Crippen molar-refractivity contribution in [3.8, 4) is 0 Å². The third-order valence-electron chi connectivity index (χ3n) is 3.00. The number of nitrogens with zero attached hydrogens (tertiary/aromatic N) is 1. The predicted octanol–water partition coefficient (Wildman–Crippen LogP) is 2.92. The topological polar surface area (TPSA) is 30.0 Å². The molecule has 76 valence electrons. The first-order valence-corrected chi connectivity index (χ1v) is 6.06. The molecule has 0 radical (unpaired) electrons. The van der Waals surface area contributed by atoms with Crippen LogP contribution in [0.25, 0.3) is 10.1 Å². The molecule has 3 rings (SSSR count). The van der Waals surface area contributed by atoms with Gasteiger partial charge in [-0.05, 0) is 25.0 Å². The summed E-state index contributed by atoms with van der Waals surface area (Å²) in [6, 6.07) is 7.72. The van der Waals surface area contributed by atoms with E-state index in [9.17, 15) is 4.79 Å². The average Bonchev–Trinajstić information content (AvgIpc) is 2.15. The van der Waals surface area contributed by atoms with E-state index in [-0.39, 0.29) is 5.56 Å². The van der Waals surface area contributed by atoms with Gasteiger partial charge in [-0.2, -0.15) is 0 Å². The molecule has 2 aromatic rings. The van der Waals surface area contributed by atoms with Crippen LogP contribution >= 0.6 is 11.3 Å². The normalized spacial score (nSPS) is 16.5. The third-order valence-corrected chi connectivity index (χ3v) is 4.21. The van der Waals surface area contributed by atoms with Gasteiger partial charge >= 0.3 is 0 Å². The number of rotatable bonds is 1. The van der Waals surface area contributed by atoms with Gasteiger partial charge in [-0.15, -0.1) is 11.3 Å². The van der Waals surface area contributed by atoms with Crippen LogP contribution in [0.4, 0.5) is 0 Å². The standard InChI is InChI=1S/C12H11NOS/c14-11-9-6-1-2-7-10(9)15-12(13-11)8-4-3-5-8/h1-2,6-8H,3-5H2. The van der Waals surface area contributed by atoms with E-state index in [0.29, 0.717) is 5.92 Å². The number of hydrogen-bond donors (Lipinski definition) is 0. The molecule has 0 unspecified atom stereocenters.